The minimum absolute atomic E-state index is 0.562. The minimum atomic E-state index is 0.562. The average molecular weight is 315 g/mol. The van der Waals surface area contributed by atoms with Crippen LogP contribution in [0.25, 0.3) is 0 Å². The molecule has 0 bridgehead atoms. The van der Waals surface area contributed by atoms with Crippen LogP contribution in [0.1, 0.15) is 22.6 Å². The summed E-state index contributed by atoms with van der Waals surface area (Å²) >= 11 is 1.67. The fourth-order valence-corrected chi connectivity index (χ4v) is 4.67. The molecule has 1 aliphatic carbocycles. The first-order valence-electron chi connectivity index (χ1n) is 7.96. The van der Waals surface area contributed by atoms with Crippen molar-refractivity contribution in [2.75, 3.05) is 25.1 Å². The zero-order valence-electron chi connectivity index (χ0n) is 12.9. The molecule has 5 heteroatoms. The van der Waals surface area contributed by atoms with E-state index in [-0.39, 0.29) is 0 Å². The summed E-state index contributed by atoms with van der Waals surface area (Å²) in [6.45, 7) is 2.80. The van der Waals surface area contributed by atoms with Crippen molar-refractivity contribution >= 4 is 16.5 Å². The van der Waals surface area contributed by atoms with Gasteiger partial charge in [0.15, 0.2) is 0 Å². The third kappa shape index (κ3) is 2.63. The Morgan fingerprint density at radius 3 is 2.68 bits per heavy atom. The van der Waals surface area contributed by atoms with E-state index >= 15 is 0 Å². The van der Waals surface area contributed by atoms with Crippen LogP contribution >= 0.6 is 11.3 Å². The van der Waals surface area contributed by atoms with Gasteiger partial charge in [-0.05, 0) is 42.2 Å². The molecule has 0 N–H and O–H groups in total. The number of methoxy groups -OCH3 is 1. The Hall–Kier alpha value is -1.46. The van der Waals surface area contributed by atoms with Crippen LogP contribution in [0.2, 0.25) is 0 Å². The van der Waals surface area contributed by atoms with E-state index in [0.29, 0.717) is 6.61 Å². The Morgan fingerprint density at radius 2 is 1.95 bits per heavy atom. The Kier molecular flexibility index (Phi) is 3.84. The molecule has 2 aliphatic rings. The van der Waals surface area contributed by atoms with Crippen LogP contribution in [0.15, 0.2) is 24.3 Å². The first kappa shape index (κ1) is 14.2. The number of hydrogen-bond donors (Lipinski definition) is 0. The van der Waals surface area contributed by atoms with Gasteiger partial charge in [0.25, 0.3) is 0 Å². The van der Waals surface area contributed by atoms with E-state index < -0.39 is 0 Å². The molecule has 4 rings (SSSR count). The van der Waals surface area contributed by atoms with Gasteiger partial charge in [0, 0.05) is 20.2 Å². The number of nitrogens with zero attached hydrogens (tertiary/aromatic N) is 3. The van der Waals surface area contributed by atoms with Crippen LogP contribution in [0.5, 0.6) is 0 Å². The van der Waals surface area contributed by atoms with Crippen LogP contribution in [-0.4, -0.2) is 30.4 Å². The van der Waals surface area contributed by atoms with E-state index in [1.54, 1.807) is 29.6 Å². The second-order valence-corrected chi connectivity index (χ2v) is 7.38. The molecule has 22 heavy (non-hydrogen) atoms. The van der Waals surface area contributed by atoms with Gasteiger partial charge in [-0.3, -0.25) is 0 Å². The molecular formula is C17H21N3OS. The van der Waals surface area contributed by atoms with Crippen LogP contribution < -0.4 is 4.90 Å². The van der Waals surface area contributed by atoms with Crippen molar-refractivity contribution in [2.45, 2.75) is 25.9 Å². The topological polar surface area (TPSA) is 38.3 Å². The van der Waals surface area contributed by atoms with E-state index in [1.807, 2.05) is 0 Å². The molecule has 0 radical (unpaired) electrons. The summed E-state index contributed by atoms with van der Waals surface area (Å²) in [4.78, 5) is 2.41. The van der Waals surface area contributed by atoms with Gasteiger partial charge >= 0.3 is 0 Å². The van der Waals surface area contributed by atoms with Gasteiger partial charge in [-0.15, -0.1) is 10.2 Å². The van der Waals surface area contributed by atoms with E-state index in [1.165, 1.54) is 19.3 Å². The lowest BCUT2D eigenvalue weighted by molar-refractivity contribution is 0.184. The second kappa shape index (κ2) is 5.97. The molecule has 1 saturated heterocycles. The molecular weight excluding hydrogens is 294 g/mol. The van der Waals surface area contributed by atoms with Gasteiger partial charge in [0.05, 0.1) is 0 Å². The molecule has 0 amide bonds. The highest BCUT2D eigenvalue weighted by molar-refractivity contribution is 7.15. The van der Waals surface area contributed by atoms with Gasteiger partial charge in [-0.25, -0.2) is 0 Å². The number of benzene rings is 1. The molecule has 1 aromatic carbocycles. The second-order valence-electron chi connectivity index (χ2n) is 6.34. The average Bonchev–Trinajstić information content (AvgIpc) is 3.25. The number of ether oxygens (including phenoxy) is 1. The molecule has 1 aliphatic heterocycles. The summed E-state index contributed by atoms with van der Waals surface area (Å²) in [6, 6.07) is 8.93. The number of rotatable bonds is 4. The Bertz CT molecular complexity index is 632. The van der Waals surface area contributed by atoms with Crippen LogP contribution in [0, 0.1) is 11.8 Å². The molecule has 1 aromatic heterocycles. The van der Waals surface area contributed by atoms with Crippen molar-refractivity contribution in [3.63, 3.8) is 0 Å². The number of hydrogen-bond acceptors (Lipinski definition) is 5. The summed E-state index contributed by atoms with van der Waals surface area (Å²) in [5.74, 6) is 1.58. The summed E-state index contributed by atoms with van der Waals surface area (Å²) in [5.41, 5.74) is 3.12. The number of fused-ring (bicyclic) bond motifs is 1. The number of anilines is 1. The summed E-state index contributed by atoms with van der Waals surface area (Å²) in [5, 5.41) is 10.6. The largest absolute Gasteiger partial charge is 0.377 e. The molecule has 4 nitrogen and oxygen atoms in total. The third-order valence-corrected chi connectivity index (χ3v) is 5.93. The Morgan fingerprint density at radius 1 is 1.18 bits per heavy atom. The monoisotopic (exact) mass is 315 g/mol. The zero-order chi connectivity index (χ0) is 14.9. The van der Waals surface area contributed by atoms with E-state index in [4.69, 9.17) is 4.74 Å². The van der Waals surface area contributed by atoms with Crippen LogP contribution in [-0.2, 0) is 24.2 Å². The van der Waals surface area contributed by atoms with Crippen LogP contribution in [0.4, 0.5) is 5.13 Å². The number of aromatic nitrogens is 2. The standard InChI is InChI=1S/C17H21N3OS/c1-21-11-16-18-19-17(22-16)20-7-6-14(10-20)15-8-12-4-2-3-5-13(12)9-15/h2-5,14-15H,6-11H2,1H3. The van der Waals surface area contributed by atoms with E-state index in [9.17, 15) is 0 Å². The minimum Gasteiger partial charge on any atom is -0.377 e. The normalized spacial score (nSPS) is 21.5. The highest BCUT2D eigenvalue weighted by atomic mass is 32.1. The quantitative estimate of drug-likeness (QED) is 0.869. The van der Waals surface area contributed by atoms with Crippen molar-refractivity contribution in [2.24, 2.45) is 11.8 Å². The van der Waals surface area contributed by atoms with E-state index in [0.717, 1.165) is 35.1 Å². The van der Waals surface area contributed by atoms with Gasteiger partial charge in [-0.2, -0.15) is 0 Å². The lowest BCUT2D eigenvalue weighted by Gasteiger charge is -2.19. The predicted molar refractivity (Wildman–Crippen MR) is 88.3 cm³/mol. The molecule has 1 atom stereocenters. The maximum absolute atomic E-state index is 5.13. The molecule has 0 saturated carbocycles. The van der Waals surface area contributed by atoms with Gasteiger partial charge in [0.2, 0.25) is 5.13 Å². The van der Waals surface area contributed by atoms with Gasteiger partial charge < -0.3 is 9.64 Å². The van der Waals surface area contributed by atoms with Gasteiger partial charge in [0.1, 0.15) is 11.6 Å². The summed E-state index contributed by atoms with van der Waals surface area (Å²) in [6.07, 6.45) is 3.78. The molecule has 2 heterocycles. The fraction of sp³-hybridized carbons (Fsp3) is 0.529. The van der Waals surface area contributed by atoms with Crippen molar-refractivity contribution in [1.82, 2.24) is 10.2 Å². The lowest BCUT2D eigenvalue weighted by atomic mass is 9.89. The van der Waals surface area contributed by atoms with Gasteiger partial charge in [-0.1, -0.05) is 35.6 Å². The molecule has 116 valence electrons. The molecule has 0 spiro atoms. The molecule has 1 fully saturated rings. The smallest absolute Gasteiger partial charge is 0.208 e. The van der Waals surface area contributed by atoms with E-state index in [2.05, 4.69) is 39.4 Å². The van der Waals surface area contributed by atoms with Crippen molar-refractivity contribution in [3.05, 3.63) is 40.4 Å². The van der Waals surface area contributed by atoms with Crippen molar-refractivity contribution in [1.29, 1.82) is 0 Å². The molecule has 1 unspecified atom stereocenters. The van der Waals surface area contributed by atoms with Crippen LogP contribution in [0.3, 0.4) is 0 Å². The lowest BCUT2D eigenvalue weighted by Crippen LogP contribution is -2.23. The molecule has 2 aromatic rings. The first-order chi connectivity index (χ1) is 10.8. The first-order valence-corrected chi connectivity index (χ1v) is 8.78. The predicted octanol–water partition coefficient (Wildman–Crippen LogP) is 2.93. The summed E-state index contributed by atoms with van der Waals surface area (Å²) < 4.78 is 5.13. The highest BCUT2D eigenvalue weighted by Crippen LogP contribution is 2.37. The summed E-state index contributed by atoms with van der Waals surface area (Å²) in [7, 11) is 1.70. The Balaban J connectivity index is 1.40. The maximum Gasteiger partial charge on any atom is 0.208 e. The third-order valence-electron chi connectivity index (χ3n) is 4.97. The maximum atomic E-state index is 5.13. The highest BCUT2D eigenvalue weighted by Gasteiger charge is 2.34. The van der Waals surface area contributed by atoms with Crippen molar-refractivity contribution in [3.8, 4) is 0 Å². The fourth-order valence-electron chi connectivity index (χ4n) is 3.83. The van der Waals surface area contributed by atoms with Crippen molar-refractivity contribution < 1.29 is 4.74 Å². The zero-order valence-corrected chi connectivity index (χ0v) is 13.7. The SMILES string of the molecule is COCc1nnc(N2CCC(C3Cc4ccccc4C3)C2)s1. The Labute approximate surface area is 135 Å².